The van der Waals surface area contributed by atoms with Crippen molar-refractivity contribution in [2.75, 3.05) is 0 Å². The summed E-state index contributed by atoms with van der Waals surface area (Å²) in [5.74, 6) is 0.134. The van der Waals surface area contributed by atoms with Gasteiger partial charge in [-0.15, -0.1) is 11.3 Å². The molecule has 0 saturated heterocycles. The van der Waals surface area contributed by atoms with Crippen LogP contribution in [0.1, 0.15) is 49.2 Å². The molecule has 1 aromatic heterocycles. The highest BCUT2D eigenvalue weighted by molar-refractivity contribution is 7.09. The SMILES string of the molecule is Cc1nc(CCCC(=O)N[C@@H]2CCCC[C@H]2N)cs1. The number of nitrogens with two attached hydrogens (primary N) is 1. The van der Waals surface area contributed by atoms with Gasteiger partial charge in [-0.3, -0.25) is 4.79 Å². The number of hydrogen-bond donors (Lipinski definition) is 2. The molecule has 3 N–H and O–H groups in total. The predicted octanol–water partition coefficient (Wildman–Crippen LogP) is 2.16. The van der Waals surface area contributed by atoms with Crippen molar-refractivity contribution in [3.63, 3.8) is 0 Å². The van der Waals surface area contributed by atoms with E-state index in [1.54, 1.807) is 11.3 Å². The van der Waals surface area contributed by atoms with Crippen LogP contribution >= 0.6 is 11.3 Å². The van der Waals surface area contributed by atoms with Gasteiger partial charge in [-0.05, 0) is 32.6 Å². The van der Waals surface area contributed by atoms with Gasteiger partial charge < -0.3 is 11.1 Å². The highest BCUT2D eigenvalue weighted by atomic mass is 32.1. The number of hydrogen-bond acceptors (Lipinski definition) is 4. The van der Waals surface area contributed by atoms with E-state index >= 15 is 0 Å². The molecule has 1 saturated carbocycles. The Morgan fingerprint density at radius 3 is 3.00 bits per heavy atom. The number of carbonyl (C=O) groups excluding carboxylic acids is 1. The molecular weight excluding hydrogens is 258 g/mol. The van der Waals surface area contributed by atoms with E-state index in [-0.39, 0.29) is 18.0 Å². The summed E-state index contributed by atoms with van der Waals surface area (Å²) >= 11 is 1.66. The molecule has 0 radical (unpaired) electrons. The lowest BCUT2D eigenvalue weighted by Crippen LogP contribution is -2.49. The van der Waals surface area contributed by atoms with Gasteiger partial charge in [0.25, 0.3) is 0 Å². The number of carbonyl (C=O) groups is 1. The van der Waals surface area contributed by atoms with E-state index in [2.05, 4.69) is 15.7 Å². The Morgan fingerprint density at radius 1 is 1.53 bits per heavy atom. The van der Waals surface area contributed by atoms with Crippen LogP contribution in [-0.4, -0.2) is 23.0 Å². The van der Waals surface area contributed by atoms with Crippen molar-refractivity contribution in [2.24, 2.45) is 5.73 Å². The third kappa shape index (κ3) is 4.58. The van der Waals surface area contributed by atoms with Gasteiger partial charge in [-0.25, -0.2) is 4.98 Å². The zero-order valence-corrected chi connectivity index (χ0v) is 12.3. The maximum Gasteiger partial charge on any atom is 0.220 e. The molecular formula is C14H23N3OS. The second kappa shape index (κ2) is 7.01. The fraction of sp³-hybridized carbons (Fsp3) is 0.714. The number of nitrogens with zero attached hydrogens (tertiary/aromatic N) is 1. The number of amides is 1. The molecule has 0 unspecified atom stereocenters. The first-order valence-corrected chi connectivity index (χ1v) is 7.99. The fourth-order valence-corrected chi connectivity index (χ4v) is 3.22. The molecule has 1 amide bonds. The topological polar surface area (TPSA) is 68.0 Å². The standard InChI is InChI=1S/C14H23N3OS/c1-10-16-11(9-19-10)5-4-8-14(18)17-13-7-3-2-6-12(13)15/h9,12-13H,2-8,15H2,1H3,(H,17,18)/t12-,13-/m1/s1. The Balaban J connectivity index is 1.66. The van der Waals surface area contributed by atoms with Crippen molar-refractivity contribution in [2.45, 2.75) is 64.0 Å². The second-order valence-electron chi connectivity index (χ2n) is 5.33. The Bertz CT molecular complexity index is 419. The molecule has 1 fully saturated rings. The van der Waals surface area contributed by atoms with Gasteiger partial charge in [0, 0.05) is 23.9 Å². The van der Waals surface area contributed by atoms with Gasteiger partial charge in [0.1, 0.15) is 0 Å². The number of thiazole rings is 1. The summed E-state index contributed by atoms with van der Waals surface area (Å²) in [6.45, 7) is 2.01. The van der Waals surface area contributed by atoms with Crippen molar-refractivity contribution in [1.82, 2.24) is 10.3 Å². The molecule has 4 nitrogen and oxygen atoms in total. The Labute approximate surface area is 118 Å². The van der Waals surface area contributed by atoms with Gasteiger partial charge in [0.2, 0.25) is 5.91 Å². The highest BCUT2D eigenvalue weighted by Gasteiger charge is 2.22. The van der Waals surface area contributed by atoms with Crippen molar-refractivity contribution in [3.05, 3.63) is 16.1 Å². The Kier molecular flexibility index (Phi) is 5.34. The summed E-state index contributed by atoms with van der Waals surface area (Å²) in [6.07, 6.45) is 6.74. The minimum atomic E-state index is 0.134. The molecule has 0 spiro atoms. The van der Waals surface area contributed by atoms with Crippen LogP contribution in [-0.2, 0) is 11.2 Å². The fourth-order valence-electron chi connectivity index (χ4n) is 2.57. The van der Waals surface area contributed by atoms with Gasteiger partial charge in [0.05, 0.1) is 10.7 Å². The summed E-state index contributed by atoms with van der Waals surface area (Å²) in [5, 5.41) is 6.24. The summed E-state index contributed by atoms with van der Waals surface area (Å²) < 4.78 is 0. The molecule has 0 aliphatic heterocycles. The lowest BCUT2D eigenvalue weighted by atomic mass is 9.91. The van der Waals surface area contributed by atoms with E-state index in [0.717, 1.165) is 36.4 Å². The summed E-state index contributed by atoms with van der Waals surface area (Å²) in [6, 6.07) is 0.321. The van der Waals surface area contributed by atoms with Crippen LogP contribution in [0.25, 0.3) is 0 Å². The monoisotopic (exact) mass is 281 g/mol. The van der Waals surface area contributed by atoms with E-state index in [1.807, 2.05) is 6.92 Å². The first kappa shape index (κ1) is 14.5. The lowest BCUT2D eigenvalue weighted by Gasteiger charge is -2.29. The van der Waals surface area contributed by atoms with Gasteiger partial charge in [-0.1, -0.05) is 12.8 Å². The maximum absolute atomic E-state index is 11.9. The maximum atomic E-state index is 11.9. The number of aromatic nitrogens is 1. The first-order valence-electron chi connectivity index (χ1n) is 7.11. The van der Waals surface area contributed by atoms with E-state index in [4.69, 9.17) is 5.73 Å². The first-order chi connectivity index (χ1) is 9.15. The van der Waals surface area contributed by atoms with Gasteiger partial charge in [0.15, 0.2) is 0 Å². The van der Waals surface area contributed by atoms with Crippen LogP contribution in [0.4, 0.5) is 0 Å². The molecule has 2 atom stereocenters. The molecule has 0 aromatic carbocycles. The summed E-state index contributed by atoms with van der Waals surface area (Å²) in [7, 11) is 0. The summed E-state index contributed by atoms with van der Waals surface area (Å²) in [5.41, 5.74) is 7.13. The number of aryl methyl sites for hydroxylation is 2. The van der Waals surface area contributed by atoms with Crippen molar-refractivity contribution in [3.8, 4) is 0 Å². The van der Waals surface area contributed by atoms with E-state index in [1.165, 1.54) is 12.8 Å². The third-order valence-electron chi connectivity index (χ3n) is 3.67. The molecule has 0 bridgehead atoms. The van der Waals surface area contributed by atoms with Crippen LogP contribution in [0.5, 0.6) is 0 Å². The molecule has 1 aliphatic carbocycles. The molecule has 1 heterocycles. The van der Waals surface area contributed by atoms with Crippen molar-refractivity contribution < 1.29 is 4.79 Å². The minimum Gasteiger partial charge on any atom is -0.352 e. The predicted molar refractivity (Wildman–Crippen MR) is 78.2 cm³/mol. The molecule has 106 valence electrons. The van der Waals surface area contributed by atoms with Crippen LogP contribution < -0.4 is 11.1 Å². The average Bonchev–Trinajstić information content (AvgIpc) is 2.78. The molecule has 1 aliphatic rings. The highest BCUT2D eigenvalue weighted by Crippen LogP contribution is 2.17. The van der Waals surface area contributed by atoms with Crippen LogP contribution in [0.3, 0.4) is 0 Å². The van der Waals surface area contributed by atoms with E-state index in [9.17, 15) is 4.79 Å². The second-order valence-corrected chi connectivity index (χ2v) is 6.40. The van der Waals surface area contributed by atoms with Gasteiger partial charge in [-0.2, -0.15) is 0 Å². The molecule has 5 heteroatoms. The van der Waals surface area contributed by atoms with Crippen molar-refractivity contribution in [1.29, 1.82) is 0 Å². The summed E-state index contributed by atoms with van der Waals surface area (Å²) in [4.78, 5) is 16.3. The zero-order valence-electron chi connectivity index (χ0n) is 11.5. The van der Waals surface area contributed by atoms with Crippen LogP contribution in [0.2, 0.25) is 0 Å². The third-order valence-corrected chi connectivity index (χ3v) is 4.49. The van der Waals surface area contributed by atoms with Crippen molar-refractivity contribution >= 4 is 17.2 Å². The molecule has 2 rings (SSSR count). The number of rotatable bonds is 5. The van der Waals surface area contributed by atoms with E-state index < -0.39 is 0 Å². The molecule has 19 heavy (non-hydrogen) atoms. The number of nitrogens with one attached hydrogen (secondary N) is 1. The molecule has 1 aromatic rings. The van der Waals surface area contributed by atoms with E-state index in [0.29, 0.717) is 6.42 Å². The van der Waals surface area contributed by atoms with Crippen LogP contribution in [0, 0.1) is 6.92 Å². The quantitative estimate of drug-likeness (QED) is 0.869. The Hall–Kier alpha value is -0.940. The largest absolute Gasteiger partial charge is 0.352 e. The lowest BCUT2D eigenvalue weighted by molar-refractivity contribution is -0.122. The normalized spacial score (nSPS) is 23.3. The van der Waals surface area contributed by atoms with Crippen LogP contribution in [0.15, 0.2) is 5.38 Å². The smallest absolute Gasteiger partial charge is 0.220 e. The minimum absolute atomic E-state index is 0.134. The van der Waals surface area contributed by atoms with Gasteiger partial charge >= 0.3 is 0 Å². The zero-order chi connectivity index (χ0) is 13.7. The average molecular weight is 281 g/mol. The Morgan fingerprint density at radius 2 is 2.32 bits per heavy atom.